The van der Waals surface area contributed by atoms with Gasteiger partial charge in [-0.25, -0.2) is 9.07 Å². The lowest BCUT2D eigenvalue weighted by Crippen LogP contribution is -2.34. The second-order valence-electron chi connectivity index (χ2n) is 7.98. The molecule has 1 atom stereocenters. The Hall–Kier alpha value is -3.62. The zero-order chi connectivity index (χ0) is 22.5. The molecule has 1 fully saturated rings. The summed E-state index contributed by atoms with van der Waals surface area (Å²) in [5.74, 6) is 0.0627. The summed E-state index contributed by atoms with van der Waals surface area (Å²) in [6.07, 6.45) is 1.77. The SMILES string of the molecule is Cc1nnnn1C(Cc1cccc(F)c1)C(=O)NCc1cccc(CN2CCCC2=O)c1. The fourth-order valence-electron chi connectivity index (χ4n) is 3.94. The van der Waals surface area contributed by atoms with Crippen LogP contribution >= 0.6 is 0 Å². The second-order valence-corrected chi connectivity index (χ2v) is 7.98. The Labute approximate surface area is 185 Å². The highest BCUT2D eigenvalue weighted by molar-refractivity contribution is 5.80. The van der Waals surface area contributed by atoms with Crippen molar-refractivity contribution in [3.05, 3.63) is 76.9 Å². The maximum absolute atomic E-state index is 13.6. The molecule has 2 aromatic carbocycles. The van der Waals surface area contributed by atoms with Gasteiger partial charge in [0.05, 0.1) is 0 Å². The first-order chi connectivity index (χ1) is 15.5. The van der Waals surface area contributed by atoms with Gasteiger partial charge in [-0.3, -0.25) is 9.59 Å². The first-order valence-electron chi connectivity index (χ1n) is 10.6. The van der Waals surface area contributed by atoms with Crippen molar-refractivity contribution in [2.24, 2.45) is 0 Å². The topological polar surface area (TPSA) is 93.0 Å². The van der Waals surface area contributed by atoms with Gasteiger partial charge >= 0.3 is 0 Å². The Morgan fingerprint density at radius 1 is 1.16 bits per heavy atom. The fraction of sp³-hybridized carbons (Fsp3) is 0.348. The molecule has 1 saturated heterocycles. The van der Waals surface area contributed by atoms with Crippen molar-refractivity contribution in [3.63, 3.8) is 0 Å². The van der Waals surface area contributed by atoms with Crippen LogP contribution in [0.2, 0.25) is 0 Å². The highest BCUT2D eigenvalue weighted by atomic mass is 19.1. The average Bonchev–Trinajstić information content (AvgIpc) is 3.38. The molecule has 0 spiro atoms. The Bertz CT molecular complexity index is 1120. The number of carbonyl (C=O) groups excluding carboxylic acids is 2. The number of likely N-dealkylation sites (tertiary alicyclic amines) is 1. The van der Waals surface area contributed by atoms with Crippen molar-refractivity contribution in [1.29, 1.82) is 0 Å². The summed E-state index contributed by atoms with van der Waals surface area (Å²) in [6, 6.07) is 13.3. The lowest BCUT2D eigenvalue weighted by Gasteiger charge is -2.18. The van der Waals surface area contributed by atoms with E-state index in [0.717, 1.165) is 24.1 Å². The molecular weight excluding hydrogens is 411 g/mol. The first kappa shape index (κ1) is 21.6. The van der Waals surface area contributed by atoms with Crippen LogP contribution in [-0.4, -0.2) is 43.5 Å². The van der Waals surface area contributed by atoms with Gasteiger partial charge in [-0.2, -0.15) is 0 Å². The molecule has 1 N–H and O–H groups in total. The van der Waals surface area contributed by atoms with Crippen LogP contribution in [0.5, 0.6) is 0 Å². The first-order valence-corrected chi connectivity index (χ1v) is 10.6. The molecule has 1 aliphatic heterocycles. The van der Waals surface area contributed by atoms with Gasteiger partial charge in [0.25, 0.3) is 0 Å². The summed E-state index contributed by atoms with van der Waals surface area (Å²) in [4.78, 5) is 26.8. The van der Waals surface area contributed by atoms with Gasteiger partial charge < -0.3 is 10.2 Å². The maximum atomic E-state index is 13.6. The minimum Gasteiger partial charge on any atom is -0.350 e. The zero-order valence-electron chi connectivity index (χ0n) is 17.9. The molecule has 1 aromatic heterocycles. The number of tetrazole rings is 1. The van der Waals surface area contributed by atoms with E-state index in [2.05, 4.69) is 20.8 Å². The van der Waals surface area contributed by atoms with E-state index in [9.17, 15) is 14.0 Å². The Morgan fingerprint density at radius 3 is 2.66 bits per heavy atom. The third-order valence-electron chi connectivity index (χ3n) is 5.58. The minimum absolute atomic E-state index is 0.181. The fourth-order valence-corrected chi connectivity index (χ4v) is 3.94. The molecule has 4 rings (SSSR count). The van der Waals surface area contributed by atoms with Crippen molar-refractivity contribution >= 4 is 11.8 Å². The van der Waals surface area contributed by atoms with E-state index < -0.39 is 6.04 Å². The van der Waals surface area contributed by atoms with Crippen LogP contribution in [0.15, 0.2) is 48.5 Å². The molecule has 166 valence electrons. The molecule has 32 heavy (non-hydrogen) atoms. The molecule has 2 amide bonds. The van der Waals surface area contributed by atoms with Gasteiger partial charge in [0.2, 0.25) is 11.8 Å². The molecule has 9 heteroatoms. The second kappa shape index (κ2) is 9.67. The predicted octanol–water partition coefficient (Wildman–Crippen LogP) is 2.34. The highest BCUT2D eigenvalue weighted by Gasteiger charge is 2.24. The number of nitrogens with zero attached hydrogens (tertiary/aromatic N) is 5. The average molecular weight is 436 g/mol. The molecule has 0 bridgehead atoms. The Morgan fingerprint density at radius 2 is 1.94 bits per heavy atom. The van der Waals surface area contributed by atoms with E-state index in [4.69, 9.17) is 0 Å². The Kier molecular flexibility index (Phi) is 6.53. The molecule has 1 aliphatic rings. The molecule has 0 saturated carbocycles. The van der Waals surface area contributed by atoms with Crippen molar-refractivity contribution in [1.82, 2.24) is 30.4 Å². The molecule has 0 aliphatic carbocycles. The van der Waals surface area contributed by atoms with Crippen LogP contribution in [-0.2, 0) is 29.1 Å². The van der Waals surface area contributed by atoms with E-state index >= 15 is 0 Å². The standard InChI is InChI=1S/C23H25FN6O2/c1-16-26-27-28-30(16)21(13-17-5-3-8-20(24)12-17)23(32)25-14-18-6-2-7-19(11-18)15-29-10-4-9-22(29)31/h2-3,5-8,11-12,21H,4,9-10,13-15H2,1H3,(H,25,32). The van der Waals surface area contributed by atoms with Crippen molar-refractivity contribution < 1.29 is 14.0 Å². The van der Waals surface area contributed by atoms with Gasteiger partial charge in [-0.15, -0.1) is 5.10 Å². The largest absolute Gasteiger partial charge is 0.350 e. The quantitative estimate of drug-likeness (QED) is 0.585. The molecule has 8 nitrogen and oxygen atoms in total. The van der Waals surface area contributed by atoms with E-state index in [1.807, 2.05) is 29.2 Å². The van der Waals surface area contributed by atoms with Crippen LogP contribution in [0.25, 0.3) is 0 Å². The summed E-state index contributed by atoms with van der Waals surface area (Å²) < 4.78 is 15.1. The third-order valence-corrected chi connectivity index (χ3v) is 5.58. The van der Waals surface area contributed by atoms with Crippen LogP contribution < -0.4 is 5.32 Å². The monoisotopic (exact) mass is 436 g/mol. The molecule has 3 aromatic rings. The summed E-state index contributed by atoms with van der Waals surface area (Å²) in [5, 5.41) is 14.4. The summed E-state index contributed by atoms with van der Waals surface area (Å²) >= 11 is 0. The van der Waals surface area contributed by atoms with Gasteiger partial charge in [-0.1, -0.05) is 36.4 Å². The van der Waals surface area contributed by atoms with Crippen LogP contribution in [0.4, 0.5) is 4.39 Å². The number of halogens is 1. The molecule has 2 heterocycles. The predicted molar refractivity (Wildman–Crippen MR) is 115 cm³/mol. The summed E-state index contributed by atoms with van der Waals surface area (Å²) in [5.41, 5.74) is 2.64. The van der Waals surface area contributed by atoms with Crippen LogP contribution in [0.3, 0.4) is 0 Å². The van der Waals surface area contributed by atoms with E-state index in [0.29, 0.717) is 30.9 Å². The number of benzene rings is 2. The number of carbonyl (C=O) groups is 2. The smallest absolute Gasteiger partial charge is 0.245 e. The summed E-state index contributed by atoms with van der Waals surface area (Å²) in [7, 11) is 0. The number of aryl methyl sites for hydroxylation is 1. The number of hydrogen-bond donors (Lipinski definition) is 1. The van der Waals surface area contributed by atoms with E-state index in [-0.39, 0.29) is 24.1 Å². The summed E-state index contributed by atoms with van der Waals surface area (Å²) in [6.45, 7) is 3.40. The highest BCUT2D eigenvalue weighted by Crippen LogP contribution is 2.18. The van der Waals surface area contributed by atoms with Crippen molar-refractivity contribution in [2.45, 2.75) is 45.3 Å². The van der Waals surface area contributed by atoms with Gasteiger partial charge in [0, 0.05) is 32.5 Å². The number of amides is 2. The number of nitrogens with one attached hydrogen (secondary N) is 1. The molecule has 1 unspecified atom stereocenters. The number of hydrogen-bond acceptors (Lipinski definition) is 5. The van der Waals surface area contributed by atoms with E-state index in [1.165, 1.54) is 16.8 Å². The van der Waals surface area contributed by atoms with Crippen molar-refractivity contribution in [3.8, 4) is 0 Å². The molecular formula is C23H25FN6O2. The third kappa shape index (κ3) is 5.16. The van der Waals surface area contributed by atoms with Gasteiger partial charge in [0.15, 0.2) is 0 Å². The maximum Gasteiger partial charge on any atom is 0.245 e. The van der Waals surface area contributed by atoms with Gasteiger partial charge in [0.1, 0.15) is 17.7 Å². The zero-order valence-corrected chi connectivity index (χ0v) is 17.9. The normalized spacial score (nSPS) is 14.6. The van der Waals surface area contributed by atoms with E-state index in [1.54, 1.807) is 19.1 Å². The van der Waals surface area contributed by atoms with Crippen molar-refractivity contribution in [2.75, 3.05) is 6.54 Å². The number of rotatable bonds is 8. The minimum atomic E-state index is -0.711. The lowest BCUT2D eigenvalue weighted by molar-refractivity contribution is -0.128. The molecule has 0 radical (unpaired) electrons. The van der Waals surface area contributed by atoms with Crippen LogP contribution in [0, 0.1) is 12.7 Å². The van der Waals surface area contributed by atoms with Gasteiger partial charge in [-0.05, 0) is 52.6 Å². The number of aromatic nitrogens is 4. The Balaban J connectivity index is 1.45. The van der Waals surface area contributed by atoms with Crippen LogP contribution in [0.1, 0.15) is 41.4 Å². The lowest BCUT2D eigenvalue weighted by atomic mass is 10.0.